The molecule has 24 heteroatoms. The summed E-state index contributed by atoms with van der Waals surface area (Å²) in [6.07, 6.45) is 1.92. The van der Waals surface area contributed by atoms with Crippen molar-refractivity contribution in [2.75, 3.05) is 12.2 Å². The molecule has 0 heterocycles. The molecule has 4 rings (SSSR count). The first kappa shape index (κ1) is 84.8. The van der Waals surface area contributed by atoms with E-state index in [0.717, 1.165) is 55.0 Å². The number of carbonyl (C=O) groups is 1. The summed E-state index contributed by atoms with van der Waals surface area (Å²) >= 11 is 0.176. The average molecular weight is 1410 g/mol. The number of benzene rings is 4. The van der Waals surface area contributed by atoms with Crippen molar-refractivity contribution in [2.24, 2.45) is 11.0 Å². The minimum Gasteiger partial charge on any atom is -0.870 e. The molecule has 4 aromatic rings. The van der Waals surface area contributed by atoms with Crippen molar-refractivity contribution in [3.63, 3.8) is 0 Å². The van der Waals surface area contributed by atoms with Gasteiger partial charge in [0.2, 0.25) is 10.0 Å². The van der Waals surface area contributed by atoms with Crippen molar-refractivity contribution in [3.8, 4) is 0 Å². The molecule has 1 atom stereocenters. The van der Waals surface area contributed by atoms with E-state index in [-0.39, 0.29) is 137 Å². The Morgan fingerprint density at radius 1 is 0.623 bits per heavy atom. The number of nitrogens with two attached hydrogens (primary N) is 2. The van der Waals surface area contributed by atoms with E-state index in [0.29, 0.717) is 16.0 Å². The van der Waals surface area contributed by atoms with Crippen LogP contribution in [0.1, 0.15) is 164 Å². The Morgan fingerprint density at radius 3 is 1.19 bits per heavy atom. The Bertz CT molecular complexity index is 2880. The Balaban J connectivity index is -0.000000285. The summed E-state index contributed by atoms with van der Waals surface area (Å²) in [5.41, 5.74) is 10.0. The van der Waals surface area contributed by atoms with Gasteiger partial charge in [0.25, 0.3) is 0 Å². The largest absolute Gasteiger partial charge is 1.00 e. The van der Waals surface area contributed by atoms with E-state index >= 15 is 0 Å². The van der Waals surface area contributed by atoms with Gasteiger partial charge in [0.15, 0.2) is 0 Å². The first-order valence-corrected chi connectivity index (χ1v) is 28.8. The molecule has 6 N–H and O–H groups in total. The number of rotatable bonds is 7. The number of ether oxygens (including phenoxy) is 1. The number of sulfonamides is 1. The van der Waals surface area contributed by atoms with Gasteiger partial charge in [0.05, 0.1) is 4.90 Å². The molecule has 0 amide bonds. The van der Waals surface area contributed by atoms with E-state index < -0.39 is 48.0 Å². The van der Waals surface area contributed by atoms with Gasteiger partial charge in [-0.3, -0.25) is 13.6 Å². The first-order valence-electron chi connectivity index (χ1n) is 22.6. The standard InChI is InChI=1S/C15H21FO2S.C13H19FS.C12H18FNO2S.C12H17FO2S.CH4.Ac.H3NO4S.Na.H2O/c1-9-10(2)14(19-8-18-11(3)17)13(16)7-12(9)15(4,5)6;1-8-9(2)12(15-6)11(14)7-10(8)13(3,4)5;1-7-8(2)11(17(14,15)16)10(13)6-9(7)12(3,4)5;1-7-8(2)11(16(14)15)10(13)6-9(7)12(3,4)5;;;1-5-6(2,3)4;;/h7H,8H2,1-6H3;7H,1-6H3;6H,1-5H3,(H2,14,15,16);6H,1-5H3,(H,14,15);1H4;;1H2,(H,2,3,4);;1H2/q;;;;;;;+1;/p-2. The number of hydrogen-bond acceptors (Lipinski definition) is 13. The van der Waals surface area contributed by atoms with Gasteiger partial charge in [-0.1, -0.05) is 102 Å². The quantitative estimate of drug-likeness (QED) is 0.0228. The van der Waals surface area contributed by atoms with Crippen molar-refractivity contribution in [3.05, 3.63) is 114 Å². The predicted octanol–water partition coefficient (Wildman–Crippen LogP) is 10.3. The Morgan fingerprint density at radius 2 is 0.909 bits per heavy atom. The molecule has 13 nitrogen and oxygen atoms in total. The molecule has 1 radical (unpaired) electrons. The molecular formula is C53H82AcF4N2NaO11S5-. The maximum Gasteiger partial charge on any atom is 1.00 e. The van der Waals surface area contributed by atoms with Gasteiger partial charge in [-0.25, -0.2) is 31.1 Å². The normalized spacial score (nSPS) is 11.8. The summed E-state index contributed by atoms with van der Waals surface area (Å²) in [5.74, 6) is 1.98. The number of halogens is 4. The van der Waals surface area contributed by atoms with Crippen LogP contribution in [0.4, 0.5) is 17.6 Å². The van der Waals surface area contributed by atoms with Gasteiger partial charge < -0.3 is 14.8 Å². The average Bonchev–Trinajstić information content (AvgIpc) is 3.20. The van der Waals surface area contributed by atoms with Crippen molar-refractivity contribution in [1.29, 1.82) is 0 Å². The topological polar surface area (TPSA) is 246 Å². The molecule has 4 aromatic carbocycles. The van der Waals surface area contributed by atoms with Crippen molar-refractivity contribution in [2.45, 2.75) is 194 Å². The molecule has 77 heavy (non-hydrogen) atoms. The zero-order valence-corrected chi connectivity index (χ0v) is 59.2. The maximum atomic E-state index is 14.2. The molecule has 433 valence electrons. The van der Waals surface area contributed by atoms with Gasteiger partial charge in [-0.05, 0) is 185 Å². The fourth-order valence-corrected chi connectivity index (χ4v) is 10.8. The monoisotopic (exact) mass is 1410 g/mol. The smallest absolute Gasteiger partial charge is 0.870 e. The Labute approximate surface area is 527 Å². The van der Waals surface area contributed by atoms with Gasteiger partial charge >= 0.3 is 45.9 Å². The molecule has 0 bridgehead atoms. The number of carbonyl (C=O) groups excluding carboxylic acids is 1. The van der Waals surface area contributed by atoms with E-state index in [1.807, 2.05) is 75.5 Å². The maximum absolute atomic E-state index is 14.2. The summed E-state index contributed by atoms with van der Waals surface area (Å²) in [4.78, 5) is 11.4. The number of esters is 1. The molecule has 0 saturated carbocycles. The third-order valence-corrected chi connectivity index (χ3v) is 15.7. The zero-order valence-electron chi connectivity index (χ0n) is 48.4. The van der Waals surface area contributed by atoms with Gasteiger partial charge in [0.1, 0.15) is 34.1 Å². The van der Waals surface area contributed by atoms with Crippen molar-refractivity contribution in [1.82, 2.24) is 0 Å². The van der Waals surface area contributed by atoms with Crippen LogP contribution in [0, 0.1) is 123 Å². The van der Waals surface area contributed by atoms with E-state index in [2.05, 4.69) is 58.6 Å². The van der Waals surface area contributed by atoms with Crippen LogP contribution in [0.15, 0.2) is 43.8 Å². The second kappa shape index (κ2) is 34.0. The second-order valence-electron chi connectivity index (χ2n) is 21.3. The van der Waals surface area contributed by atoms with Gasteiger partial charge in [0, 0.05) is 60.8 Å². The minimum absolute atomic E-state index is 0. The van der Waals surface area contributed by atoms with Crippen LogP contribution in [-0.2, 0) is 67.0 Å². The minimum atomic E-state index is -4.38. The van der Waals surface area contributed by atoms with Crippen LogP contribution in [0.2, 0.25) is 0 Å². The fraction of sp³-hybridized carbons (Fsp3) is 0.528. The summed E-state index contributed by atoms with van der Waals surface area (Å²) in [6, 6.07) is 5.88. The second-order valence-corrected chi connectivity index (χ2v) is 26.5. The number of hydrogen-bond donors (Lipinski definition) is 3. The van der Waals surface area contributed by atoms with Crippen LogP contribution >= 0.6 is 23.5 Å². The van der Waals surface area contributed by atoms with Gasteiger partial charge in [-0.2, -0.15) is 18.6 Å². The van der Waals surface area contributed by atoms with Crippen LogP contribution in [0.5, 0.6) is 0 Å². The fourth-order valence-electron chi connectivity index (χ4n) is 7.68. The third-order valence-electron chi connectivity index (χ3n) is 11.7. The molecule has 0 fully saturated rings. The van der Waals surface area contributed by atoms with Gasteiger partial charge in [-0.15, -0.1) is 11.8 Å². The first-order chi connectivity index (χ1) is 32.6. The van der Waals surface area contributed by atoms with E-state index in [1.54, 1.807) is 32.9 Å². The number of thioether (sulfide) groups is 2. The molecule has 0 saturated heterocycles. The van der Waals surface area contributed by atoms with Crippen LogP contribution in [0.3, 0.4) is 0 Å². The molecule has 0 aliphatic carbocycles. The van der Waals surface area contributed by atoms with Crippen molar-refractivity contribution >= 4 is 61.0 Å². The number of primary sulfonamides is 1. The van der Waals surface area contributed by atoms with E-state index in [1.165, 1.54) is 48.1 Å². The van der Waals surface area contributed by atoms with E-state index in [4.69, 9.17) is 14.4 Å². The summed E-state index contributed by atoms with van der Waals surface area (Å²) in [6.45, 7) is 40.5. The van der Waals surface area contributed by atoms with E-state index in [9.17, 15) is 48.0 Å². The SMILES string of the molecule is C.CC(=O)OCSc1c(F)cc(C(C)(C)C)c(C)c1C.CSc1c(F)cc(C(C)(C)C)c(C)c1C.Cc1c(C(C)(C)C)cc(F)c(S(=O)[O-])c1C.Cc1c(C(C)(C)C)cc(F)c(S(N)(=O)=O)c1C.NOS(=O)(=O)O.[Ac].[Na+].[OH-]. The predicted molar refractivity (Wildman–Crippen MR) is 297 cm³/mol. The molecule has 0 aliphatic heterocycles. The Kier molecular flexibility index (Phi) is 37.4. The molecule has 0 spiro atoms. The zero-order chi connectivity index (χ0) is 58.1. The summed E-state index contributed by atoms with van der Waals surface area (Å²) < 4.78 is 134. The van der Waals surface area contributed by atoms with Crippen LogP contribution in [0.25, 0.3) is 0 Å². The molecular weight excluding hydrogens is 1330 g/mol. The molecule has 0 aromatic heterocycles. The summed E-state index contributed by atoms with van der Waals surface area (Å²) in [7, 11) is -8.41. The van der Waals surface area contributed by atoms with Crippen LogP contribution in [-0.4, -0.2) is 53.8 Å². The third kappa shape index (κ3) is 26.0. The molecule has 1 unspecified atom stereocenters. The van der Waals surface area contributed by atoms with Crippen LogP contribution < -0.4 is 40.6 Å². The summed E-state index contributed by atoms with van der Waals surface area (Å²) in [5, 5.41) is 5.02. The van der Waals surface area contributed by atoms with Crippen molar-refractivity contribution < 1.29 is 141 Å². The Hall–Kier alpha value is -0.978. The molecule has 0 aliphatic rings.